The number of amides is 1. The molecule has 0 fully saturated rings. The van der Waals surface area contributed by atoms with Crippen molar-refractivity contribution in [2.75, 3.05) is 6.54 Å². The molecular weight excluding hydrogens is 1270 g/mol. The number of carbonyl (C=O) groups is 1. The van der Waals surface area contributed by atoms with E-state index in [0.29, 0.717) is 34.7 Å². The number of nitrogens with zero attached hydrogens (tertiary/aromatic N) is 12. The quantitative estimate of drug-likeness (QED) is 0.140. The number of hydrogen-bond donors (Lipinski definition) is 1. The summed E-state index contributed by atoms with van der Waals surface area (Å²) in [5, 5.41) is 22.6. The second-order valence-electron chi connectivity index (χ2n) is 33.1. The predicted molar refractivity (Wildman–Crippen MR) is 413 cm³/mol. The lowest BCUT2D eigenvalue weighted by Gasteiger charge is -2.36. The van der Waals surface area contributed by atoms with Crippen LogP contribution in [-0.4, -0.2) is 82.5 Å². The Hall–Kier alpha value is -10.6. The number of nitrogens with one attached hydrogen (secondary N) is 1. The van der Waals surface area contributed by atoms with Gasteiger partial charge in [0.05, 0.1) is 23.3 Å². The van der Waals surface area contributed by atoms with Crippen LogP contribution in [0.4, 0.5) is 0 Å². The zero-order valence-electron chi connectivity index (χ0n) is 66.7. The van der Waals surface area contributed by atoms with Gasteiger partial charge in [0.1, 0.15) is 41.1 Å². The minimum Gasteiger partial charge on any atom is -0.438 e. The van der Waals surface area contributed by atoms with Crippen molar-refractivity contribution in [1.29, 1.82) is 0 Å². The van der Waals surface area contributed by atoms with E-state index in [1.807, 2.05) is 107 Å². The van der Waals surface area contributed by atoms with Crippen LogP contribution >= 0.6 is 0 Å². The fourth-order valence-electron chi connectivity index (χ4n) is 8.32. The van der Waals surface area contributed by atoms with Gasteiger partial charge in [-0.3, -0.25) is 19.3 Å². The lowest BCUT2D eigenvalue weighted by atomic mass is 9.87. The summed E-state index contributed by atoms with van der Waals surface area (Å²) in [4.78, 5) is 25.5. The summed E-state index contributed by atoms with van der Waals surface area (Å²) >= 11 is 0. The van der Waals surface area contributed by atoms with Crippen molar-refractivity contribution in [2.45, 2.75) is 242 Å². The summed E-state index contributed by atoms with van der Waals surface area (Å²) in [7, 11) is 5.72. The van der Waals surface area contributed by atoms with Crippen molar-refractivity contribution in [3.8, 4) is 98.8 Å². The number of hydrogen-bond acceptors (Lipinski definition) is 13. The molecule has 9 heterocycles. The average molecular weight is 1380 g/mol. The molecule has 18 heteroatoms. The zero-order valence-corrected chi connectivity index (χ0v) is 66.7. The highest BCUT2D eigenvalue weighted by Gasteiger charge is 2.27. The maximum absolute atomic E-state index is 11.3. The molecule has 0 bridgehead atoms. The highest BCUT2D eigenvalue weighted by molar-refractivity contribution is 5.88. The predicted octanol–water partition coefficient (Wildman–Crippen LogP) is 16.2. The Morgan fingerprint density at radius 2 is 1.05 bits per heavy atom. The molecule has 1 aliphatic heterocycles. The second kappa shape index (κ2) is 37.2. The van der Waals surface area contributed by atoms with Gasteiger partial charge in [0.2, 0.25) is 5.91 Å². The molecule has 0 spiro atoms. The molecule has 0 saturated heterocycles. The number of oxazole rings is 2. The Bertz CT molecular complexity index is 4100. The van der Waals surface area contributed by atoms with Crippen LogP contribution in [-0.2, 0) is 69.3 Å². The molecule has 9 rings (SSSR count). The Labute approximate surface area is 611 Å². The van der Waals surface area contributed by atoms with Crippen LogP contribution in [0.3, 0.4) is 0 Å². The first-order valence-corrected chi connectivity index (χ1v) is 33.3. The van der Waals surface area contributed by atoms with Gasteiger partial charge < -0.3 is 27.3 Å². The van der Waals surface area contributed by atoms with Crippen molar-refractivity contribution in [3.05, 3.63) is 153 Å². The van der Waals surface area contributed by atoms with E-state index >= 15 is 0 Å². The lowest BCUT2D eigenvalue weighted by Crippen LogP contribution is -2.46. The van der Waals surface area contributed by atoms with Crippen molar-refractivity contribution in [1.82, 2.24) is 64.5 Å². The van der Waals surface area contributed by atoms with Crippen molar-refractivity contribution >= 4 is 5.91 Å². The summed E-state index contributed by atoms with van der Waals surface area (Å²) in [5.74, 6) is 22.9. The van der Waals surface area contributed by atoms with Crippen molar-refractivity contribution in [2.24, 2.45) is 21.1 Å². The molecule has 1 amide bonds. The van der Waals surface area contributed by atoms with E-state index in [0.717, 1.165) is 69.8 Å². The van der Waals surface area contributed by atoms with E-state index in [4.69, 9.17) is 69.3 Å². The number of aromatic amines is 1. The molecule has 0 atom stereocenters. The van der Waals surface area contributed by atoms with Gasteiger partial charge in [-0.25, -0.2) is 15.0 Å². The van der Waals surface area contributed by atoms with E-state index in [-0.39, 0.29) is 54.8 Å². The third-order valence-corrected chi connectivity index (χ3v) is 14.4. The van der Waals surface area contributed by atoms with E-state index in [9.17, 15) is 4.79 Å². The van der Waals surface area contributed by atoms with Gasteiger partial charge in [0.25, 0.3) is 11.8 Å². The molecule has 1 N–H and O–H groups in total. The molecular formula is C84H113N13O5. The van der Waals surface area contributed by atoms with Gasteiger partial charge in [-0.2, -0.15) is 15.3 Å². The number of aromatic nitrogens is 12. The second-order valence-corrected chi connectivity index (χ2v) is 33.1. The first-order chi connectivity index (χ1) is 46.6. The zero-order chi connectivity index (χ0) is 79.0. The third kappa shape index (κ3) is 30.1. The highest BCUT2D eigenvalue weighted by atomic mass is 16.5. The van der Waals surface area contributed by atoms with Gasteiger partial charge in [-0.1, -0.05) is 188 Å². The van der Waals surface area contributed by atoms with Gasteiger partial charge in [0.15, 0.2) is 17.2 Å². The third-order valence-electron chi connectivity index (χ3n) is 14.4. The highest BCUT2D eigenvalue weighted by Crippen LogP contribution is 2.28. The Morgan fingerprint density at radius 3 is 1.34 bits per heavy atom. The lowest BCUT2D eigenvalue weighted by molar-refractivity contribution is -0.131. The molecule has 8 aromatic rings. The van der Waals surface area contributed by atoms with Crippen molar-refractivity contribution < 1.29 is 22.7 Å². The summed E-state index contributed by atoms with van der Waals surface area (Å²) in [6, 6.07) is 5.65. The maximum Gasteiger partial charge on any atom is 0.273 e. The smallest absolute Gasteiger partial charge is 0.273 e. The van der Waals surface area contributed by atoms with Gasteiger partial charge in [-0.05, 0) is 97.7 Å². The molecule has 0 aliphatic carbocycles. The normalized spacial score (nSPS) is 12.0. The van der Waals surface area contributed by atoms with Crippen LogP contribution in [0.2, 0.25) is 0 Å². The Balaban J connectivity index is 0.000000574. The van der Waals surface area contributed by atoms with Crippen LogP contribution in [0.25, 0.3) is 0 Å². The summed E-state index contributed by atoms with van der Waals surface area (Å²) in [6.45, 7) is 57.2. The van der Waals surface area contributed by atoms with Crippen molar-refractivity contribution in [3.63, 3.8) is 0 Å². The summed E-state index contributed by atoms with van der Waals surface area (Å²) in [6.07, 6.45) is 55.0. The van der Waals surface area contributed by atoms with Gasteiger partial charge in [-0.15, -0.1) is 51.4 Å². The first kappa shape index (κ1) is 89.4. The Kier molecular flexibility index (Phi) is 32.6. The van der Waals surface area contributed by atoms with E-state index in [1.54, 1.807) is 35.5 Å². The first-order valence-electron chi connectivity index (χ1n) is 33.3. The van der Waals surface area contributed by atoms with E-state index < -0.39 is 0 Å². The van der Waals surface area contributed by atoms with Crippen LogP contribution in [0.15, 0.2) is 79.3 Å². The maximum atomic E-state index is 11.3. The SMILES string of the molecule is C#Cc1cc(C(C)(C)C)n(C)n1.C#Cc1cc(C(C)(C)C)n[nH]1.C#Cc1cc(C(C)(C)C)on1.C#Cc1nc(C(C)(C)C)cn1C.C#Cc1nc(C(C)(C)C)co1.C#Cc1ncc(C(C)(C)C)o1.C#Cc1nn(C)cc1C(C)(C)C.C#Cc1nocc1C(C)(C)C.CC(C)(C)N1CCC=CC1=O. The largest absolute Gasteiger partial charge is 0.438 e. The monoisotopic (exact) mass is 1380 g/mol. The number of terminal acetylenes is 8. The van der Waals surface area contributed by atoms with Crippen LogP contribution in [0.5, 0.6) is 0 Å². The fraction of sp³-hybridized carbons (Fsp3) is 0.488. The average Bonchev–Trinajstić information content (AvgIpc) is 1.51. The topological polar surface area (TPSA) is 207 Å². The van der Waals surface area contributed by atoms with E-state index in [2.05, 4.69) is 238 Å². The molecule has 0 radical (unpaired) electrons. The number of carbonyl (C=O) groups excluding carboxylic acids is 1. The molecule has 0 aromatic carbocycles. The number of aryl methyl sites for hydroxylation is 3. The molecule has 544 valence electrons. The standard InChI is InChI=1S/3C10H14N2.C9H12N2.C9H15NO.4C9H11NO/c1-6-9-11-8(7-12(9)5)10(2,3)4;1-6-9-8(10(2,3)4)7-12(5)11-9;1-6-8-7-9(10(2,3)4)12(5)11-8;1-5-7-6-8(11-10-7)9(2,3)4;1-9(2,3)10-7-5-4-6-8(10)11;1-5-8-10-7(6-11-8)9(2,3)4;1-5-8-10-6-7(11-8)9(2,3)4;1-5-8-7(6-11-10-8)9(2,3)4;1-5-7-6-8(11-10-7)9(2,3)4/h3*1,7H,2-5H3;1,6H,2-4H3,(H,10,11);4,6H,5,7H2,1-3H3;4*1,6H,2-4H3. The van der Waals surface area contributed by atoms with Crippen LogP contribution in [0.1, 0.15) is 285 Å². The number of rotatable bonds is 0. The van der Waals surface area contributed by atoms with Crippen LogP contribution in [0, 0.1) is 98.8 Å². The molecule has 102 heavy (non-hydrogen) atoms. The molecule has 0 saturated carbocycles. The van der Waals surface area contributed by atoms with Gasteiger partial charge >= 0.3 is 0 Å². The van der Waals surface area contributed by atoms with Gasteiger partial charge in [0, 0.05) is 101 Å². The minimum atomic E-state index is -0.0259. The number of H-pyrrole nitrogens is 1. The summed E-state index contributed by atoms with van der Waals surface area (Å²) < 4.78 is 25.5. The number of imidazole rings is 1. The molecule has 18 nitrogen and oxygen atoms in total. The molecule has 0 unspecified atom stereocenters. The van der Waals surface area contributed by atoms with Crippen LogP contribution < -0.4 is 0 Å². The summed E-state index contributed by atoms with van der Waals surface area (Å²) in [5.41, 5.74) is 9.92. The molecule has 1 aliphatic rings. The van der Waals surface area contributed by atoms with E-state index in [1.165, 1.54) is 0 Å². The molecule has 8 aromatic heterocycles. The fourth-order valence-corrected chi connectivity index (χ4v) is 8.32. The minimum absolute atomic E-state index is 0.0118. The Morgan fingerprint density at radius 1 is 0.500 bits per heavy atom.